The molecule has 1 heterocycles. The van der Waals surface area contributed by atoms with Crippen molar-refractivity contribution >= 4 is 27.2 Å². The highest BCUT2D eigenvalue weighted by Crippen LogP contribution is 2.39. The molecule has 0 bridgehead atoms. The number of nitrogens with two attached hydrogens (primary N) is 1. The molecule has 0 unspecified atom stereocenters. The number of carbonyl (C=O) groups is 1. The van der Waals surface area contributed by atoms with Gasteiger partial charge in [0.1, 0.15) is 5.56 Å². The number of amides is 1. The Bertz CT molecular complexity index is 1260. The summed E-state index contributed by atoms with van der Waals surface area (Å²) in [5.74, 6) is -0.211. The lowest BCUT2D eigenvalue weighted by Gasteiger charge is -2.39. The smallest absolute Gasteiger partial charge is 0.254 e. The first-order chi connectivity index (χ1) is 16.7. The summed E-state index contributed by atoms with van der Waals surface area (Å²) in [5, 5.41) is 7.86. The van der Waals surface area contributed by atoms with E-state index in [1.807, 2.05) is 22.9 Å². The van der Waals surface area contributed by atoms with Crippen molar-refractivity contribution in [3.8, 4) is 0 Å². The quantitative estimate of drug-likeness (QED) is 0.454. The van der Waals surface area contributed by atoms with Crippen molar-refractivity contribution in [1.82, 2.24) is 9.78 Å². The van der Waals surface area contributed by atoms with Crippen LogP contribution in [0.2, 0.25) is 0 Å². The summed E-state index contributed by atoms with van der Waals surface area (Å²) < 4.78 is 31.5. The number of hydrogen-bond donors (Lipinski definition) is 2. The SMILES string of the molecule is CCC1(n2cc(C(N)=O)c(Nc3ccc(S(C)(=O)=O)cc3)n2)CCC(OCc2ccccc2)CC1. The molecule has 0 aliphatic heterocycles. The number of anilines is 2. The van der Waals surface area contributed by atoms with E-state index in [1.165, 1.54) is 17.7 Å². The first-order valence-electron chi connectivity index (χ1n) is 11.8. The zero-order chi connectivity index (χ0) is 25.1. The minimum Gasteiger partial charge on any atom is -0.374 e. The van der Waals surface area contributed by atoms with E-state index < -0.39 is 15.7 Å². The second kappa shape index (κ2) is 10.2. The maximum Gasteiger partial charge on any atom is 0.254 e. The van der Waals surface area contributed by atoms with Crippen LogP contribution in [0.1, 0.15) is 54.9 Å². The standard InChI is InChI=1S/C26H32N4O4S/c1-3-26(15-13-21(14-16-26)34-18-19-7-5-4-6-8-19)30-17-23(24(27)31)25(29-30)28-20-9-11-22(12-10-20)35(2,32)33/h4-12,17,21H,3,13-16,18H2,1-2H3,(H2,27,31)(H,28,29). The molecule has 1 aliphatic carbocycles. The van der Waals surface area contributed by atoms with E-state index >= 15 is 0 Å². The topological polar surface area (TPSA) is 116 Å². The molecule has 1 aliphatic rings. The van der Waals surface area contributed by atoms with Crippen LogP contribution in [0, 0.1) is 0 Å². The fourth-order valence-electron chi connectivity index (χ4n) is 4.64. The van der Waals surface area contributed by atoms with Gasteiger partial charge in [-0.3, -0.25) is 9.48 Å². The van der Waals surface area contributed by atoms with Crippen LogP contribution in [0.5, 0.6) is 0 Å². The molecule has 0 radical (unpaired) electrons. The van der Waals surface area contributed by atoms with Gasteiger partial charge >= 0.3 is 0 Å². The summed E-state index contributed by atoms with van der Waals surface area (Å²) in [4.78, 5) is 12.4. The van der Waals surface area contributed by atoms with Gasteiger partial charge in [-0.15, -0.1) is 0 Å². The Morgan fingerprint density at radius 3 is 2.37 bits per heavy atom. The van der Waals surface area contributed by atoms with E-state index in [9.17, 15) is 13.2 Å². The van der Waals surface area contributed by atoms with Gasteiger partial charge in [-0.2, -0.15) is 5.10 Å². The zero-order valence-corrected chi connectivity index (χ0v) is 20.9. The molecule has 1 aromatic heterocycles. The first kappa shape index (κ1) is 24.9. The molecule has 2 aromatic carbocycles. The van der Waals surface area contributed by atoms with Crippen LogP contribution in [0.25, 0.3) is 0 Å². The minimum absolute atomic E-state index is 0.187. The van der Waals surface area contributed by atoms with Crippen molar-refractivity contribution in [3.63, 3.8) is 0 Å². The van der Waals surface area contributed by atoms with Crippen LogP contribution in [0.15, 0.2) is 65.7 Å². The molecule has 9 heteroatoms. The van der Waals surface area contributed by atoms with Gasteiger partial charge < -0.3 is 15.8 Å². The molecule has 1 saturated carbocycles. The van der Waals surface area contributed by atoms with E-state index in [1.54, 1.807) is 18.3 Å². The number of rotatable bonds is 9. The Kier molecular flexibility index (Phi) is 7.28. The summed E-state index contributed by atoms with van der Waals surface area (Å²) in [5.41, 5.74) is 7.52. The molecule has 4 rings (SSSR count). The Hall–Kier alpha value is -3.17. The van der Waals surface area contributed by atoms with Crippen molar-refractivity contribution < 1.29 is 17.9 Å². The van der Waals surface area contributed by atoms with Crippen LogP contribution < -0.4 is 11.1 Å². The number of sulfone groups is 1. The fraction of sp³-hybridized carbons (Fsp3) is 0.385. The molecule has 186 valence electrons. The van der Waals surface area contributed by atoms with E-state index in [0.29, 0.717) is 23.7 Å². The van der Waals surface area contributed by atoms with Gasteiger partial charge in [0.15, 0.2) is 15.7 Å². The van der Waals surface area contributed by atoms with E-state index in [-0.39, 0.29) is 16.5 Å². The molecule has 3 aromatic rings. The van der Waals surface area contributed by atoms with Crippen molar-refractivity contribution in [3.05, 3.63) is 71.9 Å². The van der Waals surface area contributed by atoms with Crippen molar-refractivity contribution in [2.45, 2.75) is 62.2 Å². The Balaban J connectivity index is 1.48. The second-order valence-electron chi connectivity index (χ2n) is 9.20. The third kappa shape index (κ3) is 5.74. The maximum absolute atomic E-state index is 12.2. The molecule has 1 amide bonds. The highest BCUT2D eigenvalue weighted by atomic mass is 32.2. The van der Waals surface area contributed by atoms with Gasteiger partial charge in [-0.05, 0) is 61.9 Å². The van der Waals surface area contributed by atoms with Gasteiger partial charge in [0.2, 0.25) is 0 Å². The number of ether oxygens (including phenoxy) is 1. The number of benzene rings is 2. The van der Waals surface area contributed by atoms with Crippen LogP contribution in [0.4, 0.5) is 11.5 Å². The molecule has 0 saturated heterocycles. The van der Waals surface area contributed by atoms with Crippen molar-refractivity contribution in [1.29, 1.82) is 0 Å². The van der Waals surface area contributed by atoms with Gasteiger partial charge in [0, 0.05) is 18.1 Å². The van der Waals surface area contributed by atoms with E-state index in [2.05, 4.69) is 24.4 Å². The highest BCUT2D eigenvalue weighted by molar-refractivity contribution is 7.90. The van der Waals surface area contributed by atoms with Crippen LogP contribution >= 0.6 is 0 Å². The molecule has 1 fully saturated rings. The Morgan fingerprint density at radius 1 is 1.14 bits per heavy atom. The monoisotopic (exact) mass is 496 g/mol. The number of carbonyl (C=O) groups excluding carboxylic acids is 1. The zero-order valence-electron chi connectivity index (χ0n) is 20.1. The van der Waals surface area contributed by atoms with Gasteiger partial charge in [0.25, 0.3) is 5.91 Å². The lowest BCUT2D eigenvalue weighted by molar-refractivity contribution is -0.0134. The summed E-state index contributed by atoms with van der Waals surface area (Å²) in [6.45, 7) is 2.73. The van der Waals surface area contributed by atoms with E-state index in [4.69, 9.17) is 15.6 Å². The van der Waals surface area contributed by atoms with Crippen molar-refractivity contribution in [2.24, 2.45) is 5.73 Å². The molecule has 3 N–H and O–H groups in total. The lowest BCUT2D eigenvalue weighted by atomic mass is 9.78. The number of aromatic nitrogens is 2. The largest absolute Gasteiger partial charge is 0.374 e. The number of nitrogens with one attached hydrogen (secondary N) is 1. The molecule has 0 spiro atoms. The molecule has 35 heavy (non-hydrogen) atoms. The first-order valence-corrected chi connectivity index (χ1v) is 13.7. The Labute approximate surface area is 206 Å². The Morgan fingerprint density at radius 2 is 1.80 bits per heavy atom. The average molecular weight is 497 g/mol. The van der Waals surface area contributed by atoms with Crippen LogP contribution in [0.3, 0.4) is 0 Å². The second-order valence-corrected chi connectivity index (χ2v) is 11.2. The lowest BCUT2D eigenvalue weighted by Crippen LogP contribution is -2.39. The van der Waals surface area contributed by atoms with Crippen molar-refractivity contribution in [2.75, 3.05) is 11.6 Å². The third-order valence-corrected chi connectivity index (χ3v) is 7.99. The normalized spacial score (nSPS) is 20.5. The van der Waals surface area contributed by atoms with Gasteiger partial charge in [-0.25, -0.2) is 8.42 Å². The minimum atomic E-state index is -3.29. The summed E-state index contributed by atoms with van der Waals surface area (Å²) >= 11 is 0. The predicted molar refractivity (Wildman–Crippen MR) is 135 cm³/mol. The maximum atomic E-state index is 12.2. The molecule has 8 nitrogen and oxygen atoms in total. The van der Waals surface area contributed by atoms with Gasteiger partial charge in [-0.1, -0.05) is 37.3 Å². The highest BCUT2D eigenvalue weighted by Gasteiger charge is 2.37. The molecule has 0 atom stereocenters. The summed E-state index contributed by atoms with van der Waals surface area (Å²) in [6, 6.07) is 16.5. The molecular weight excluding hydrogens is 464 g/mol. The molecular formula is C26H32N4O4S. The number of nitrogens with zero attached hydrogens (tertiary/aromatic N) is 2. The predicted octanol–water partition coefficient (Wildman–Crippen LogP) is 4.39. The van der Waals surface area contributed by atoms with Crippen LogP contribution in [-0.2, 0) is 26.7 Å². The van der Waals surface area contributed by atoms with Gasteiger partial charge in [0.05, 0.1) is 23.1 Å². The fourth-order valence-corrected chi connectivity index (χ4v) is 5.27. The number of primary amides is 1. The summed E-state index contributed by atoms with van der Waals surface area (Å²) in [7, 11) is -3.29. The van der Waals surface area contributed by atoms with E-state index in [0.717, 1.165) is 38.4 Å². The average Bonchev–Trinajstić information content (AvgIpc) is 3.28. The summed E-state index contributed by atoms with van der Waals surface area (Å²) in [6.07, 6.45) is 7.51. The number of hydrogen-bond acceptors (Lipinski definition) is 6. The third-order valence-electron chi connectivity index (χ3n) is 6.86. The van der Waals surface area contributed by atoms with Crippen LogP contribution in [-0.4, -0.2) is 36.5 Å².